The maximum atomic E-state index is 12.1. The third-order valence-corrected chi connectivity index (χ3v) is 4.32. The number of fused-ring (bicyclic) bond motifs is 1. The largest absolute Gasteiger partial charge is 0.461 e. The van der Waals surface area contributed by atoms with Crippen LogP contribution in [0.15, 0.2) is 47.2 Å². The highest BCUT2D eigenvalue weighted by Gasteiger charge is 2.29. The molecule has 3 heterocycles. The van der Waals surface area contributed by atoms with Gasteiger partial charge in [0.1, 0.15) is 23.7 Å². The fraction of sp³-hybridized carbons (Fsp3) is 0.263. The van der Waals surface area contributed by atoms with Crippen molar-refractivity contribution in [3.05, 3.63) is 59.7 Å². The fourth-order valence-corrected chi connectivity index (χ4v) is 3.02. The van der Waals surface area contributed by atoms with Gasteiger partial charge in [0.25, 0.3) is 0 Å². The Morgan fingerprint density at radius 2 is 2.15 bits per heavy atom. The van der Waals surface area contributed by atoms with Crippen molar-refractivity contribution in [1.82, 2.24) is 15.1 Å². The zero-order valence-electron chi connectivity index (χ0n) is 14.9. The summed E-state index contributed by atoms with van der Waals surface area (Å²) in [7, 11) is 0. The van der Waals surface area contributed by atoms with Crippen molar-refractivity contribution in [2.24, 2.45) is 0 Å². The molecule has 0 bridgehead atoms. The van der Waals surface area contributed by atoms with Gasteiger partial charge in [-0.25, -0.2) is 14.8 Å². The molecule has 0 saturated carbocycles. The number of nitrogens with zero attached hydrogens (tertiary/aromatic N) is 4. The summed E-state index contributed by atoms with van der Waals surface area (Å²) in [5.74, 6) is 1.74. The number of esters is 1. The first-order valence-electron chi connectivity index (χ1n) is 8.78. The van der Waals surface area contributed by atoms with Gasteiger partial charge in [-0.15, -0.1) is 0 Å². The normalized spacial score (nSPS) is 13.1. The number of aromatic nitrogens is 3. The van der Waals surface area contributed by atoms with Crippen LogP contribution in [0.3, 0.4) is 0 Å². The zero-order chi connectivity index (χ0) is 18.6. The van der Waals surface area contributed by atoms with Crippen LogP contribution in [0.25, 0.3) is 0 Å². The number of para-hydroxylation sites is 1. The van der Waals surface area contributed by atoms with Gasteiger partial charge in [0.15, 0.2) is 5.69 Å². The molecule has 1 aliphatic heterocycles. The smallest absolute Gasteiger partial charge is 0.360 e. The lowest BCUT2D eigenvalue weighted by Gasteiger charge is -2.27. The van der Waals surface area contributed by atoms with E-state index in [0.717, 1.165) is 22.8 Å². The van der Waals surface area contributed by atoms with Gasteiger partial charge >= 0.3 is 5.97 Å². The highest BCUT2D eigenvalue weighted by Crippen LogP contribution is 2.27. The molecule has 138 valence electrons. The van der Waals surface area contributed by atoms with Crippen molar-refractivity contribution in [3.63, 3.8) is 0 Å². The fourth-order valence-electron chi connectivity index (χ4n) is 3.02. The second kappa shape index (κ2) is 7.45. The van der Waals surface area contributed by atoms with Crippen LogP contribution in [0.2, 0.25) is 0 Å². The summed E-state index contributed by atoms with van der Waals surface area (Å²) >= 11 is 0. The first-order valence-corrected chi connectivity index (χ1v) is 8.78. The molecule has 27 heavy (non-hydrogen) atoms. The quantitative estimate of drug-likeness (QED) is 0.690. The number of carbonyl (C=O) groups excluding carboxylic acids is 1. The van der Waals surface area contributed by atoms with Crippen molar-refractivity contribution in [3.8, 4) is 0 Å². The van der Waals surface area contributed by atoms with Crippen LogP contribution in [-0.2, 0) is 17.7 Å². The third kappa shape index (κ3) is 3.59. The van der Waals surface area contributed by atoms with Gasteiger partial charge < -0.3 is 19.5 Å². The van der Waals surface area contributed by atoms with E-state index in [-0.39, 0.29) is 5.69 Å². The molecule has 1 N–H and O–H groups in total. The molecule has 0 atom stereocenters. The summed E-state index contributed by atoms with van der Waals surface area (Å²) in [5.41, 5.74) is 1.95. The van der Waals surface area contributed by atoms with Crippen molar-refractivity contribution in [2.75, 3.05) is 23.4 Å². The second-order valence-electron chi connectivity index (χ2n) is 6.08. The second-order valence-corrected chi connectivity index (χ2v) is 6.08. The molecule has 0 amide bonds. The van der Waals surface area contributed by atoms with E-state index in [1.165, 1.54) is 6.33 Å². The molecule has 1 aliphatic rings. The van der Waals surface area contributed by atoms with Crippen LogP contribution in [0.1, 0.15) is 28.7 Å². The molecule has 0 spiro atoms. The monoisotopic (exact) mass is 365 g/mol. The van der Waals surface area contributed by atoms with Gasteiger partial charge in [0, 0.05) is 30.3 Å². The van der Waals surface area contributed by atoms with Crippen LogP contribution in [0.4, 0.5) is 17.3 Å². The van der Waals surface area contributed by atoms with Gasteiger partial charge in [-0.1, -0.05) is 23.4 Å². The van der Waals surface area contributed by atoms with Crippen molar-refractivity contribution in [1.29, 1.82) is 0 Å². The summed E-state index contributed by atoms with van der Waals surface area (Å²) in [4.78, 5) is 22.8. The van der Waals surface area contributed by atoms with E-state index in [4.69, 9.17) is 9.26 Å². The molecule has 1 aromatic carbocycles. The van der Waals surface area contributed by atoms with Crippen molar-refractivity contribution < 1.29 is 14.1 Å². The third-order valence-electron chi connectivity index (χ3n) is 4.32. The molecule has 2 aromatic heterocycles. The van der Waals surface area contributed by atoms with Gasteiger partial charge in [-0.05, 0) is 19.1 Å². The minimum atomic E-state index is -0.460. The van der Waals surface area contributed by atoms with Gasteiger partial charge in [-0.3, -0.25) is 0 Å². The summed E-state index contributed by atoms with van der Waals surface area (Å²) < 4.78 is 10.4. The van der Waals surface area contributed by atoms with Crippen LogP contribution in [0.5, 0.6) is 0 Å². The lowest BCUT2D eigenvalue weighted by Crippen LogP contribution is -2.31. The SMILES string of the molecule is CCOC(=O)c1noc2c1CN(c1cc(Nc3ccccc3)ncn1)CC2. The van der Waals surface area contributed by atoms with Crippen LogP contribution < -0.4 is 10.2 Å². The Kier molecular flexibility index (Phi) is 4.69. The molecule has 0 aliphatic carbocycles. The summed E-state index contributed by atoms with van der Waals surface area (Å²) in [6, 6.07) is 11.7. The van der Waals surface area contributed by atoms with Gasteiger partial charge in [-0.2, -0.15) is 0 Å². The molecule has 4 rings (SSSR count). The number of nitrogens with one attached hydrogen (secondary N) is 1. The number of benzene rings is 1. The Morgan fingerprint density at radius 1 is 1.30 bits per heavy atom. The maximum absolute atomic E-state index is 12.1. The first kappa shape index (κ1) is 17.0. The highest BCUT2D eigenvalue weighted by atomic mass is 16.5. The molecule has 3 aromatic rings. The lowest BCUT2D eigenvalue weighted by molar-refractivity contribution is 0.0513. The zero-order valence-corrected chi connectivity index (χ0v) is 14.9. The van der Waals surface area contributed by atoms with Crippen LogP contribution in [0, 0.1) is 0 Å². The van der Waals surface area contributed by atoms with E-state index in [2.05, 4.69) is 25.3 Å². The van der Waals surface area contributed by atoms with E-state index < -0.39 is 5.97 Å². The van der Waals surface area contributed by atoms with E-state index in [9.17, 15) is 4.79 Å². The summed E-state index contributed by atoms with van der Waals surface area (Å²) in [6.45, 7) is 3.25. The minimum absolute atomic E-state index is 0.244. The number of anilines is 3. The molecule has 8 heteroatoms. The number of hydrogen-bond acceptors (Lipinski definition) is 8. The molecule has 0 saturated heterocycles. The minimum Gasteiger partial charge on any atom is -0.461 e. The summed E-state index contributed by atoms with van der Waals surface area (Å²) in [5, 5.41) is 7.16. The molecule has 8 nitrogen and oxygen atoms in total. The Hall–Kier alpha value is -3.42. The standard InChI is InChI=1S/C19H19N5O3/c1-2-26-19(25)18-14-11-24(9-8-15(14)27-23-18)17-10-16(20-12-21-17)22-13-6-4-3-5-7-13/h3-7,10,12H,2,8-9,11H2,1H3,(H,20,21,22). The Morgan fingerprint density at radius 3 is 2.96 bits per heavy atom. The Labute approximate surface area is 156 Å². The summed E-state index contributed by atoms with van der Waals surface area (Å²) in [6.07, 6.45) is 2.17. The highest BCUT2D eigenvalue weighted by molar-refractivity contribution is 5.89. The number of hydrogen-bond donors (Lipinski definition) is 1. The molecular weight excluding hydrogens is 346 g/mol. The first-order chi connectivity index (χ1) is 13.2. The predicted molar refractivity (Wildman–Crippen MR) is 99.0 cm³/mol. The Balaban J connectivity index is 1.55. The van der Waals surface area contributed by atoms with Crippen LogP contribution in [-0.4, -0.2) is 34.2 Å². The van der Waals surface area contributed by atoms with Crippen molar-refractivity contribution >= 4 is 23.3 Å². The van der Waals surface area contributed by atoms with E-state index in [0.29, 0.717) is 31.9 Å². The van der Waals surface area contributed by atoms with Crippen molar-refractivity contribution in [2.45, 2.75) is 19.9 Å². The lowest BCUT2D eigenvalue weighted by atomic mass is 10.1. The number of rotatable bonds is 5. The van der Waals surface area contributed by atoms with E-state index in [1.807, 2.05) is 36.4 Å². The molecule has 0 fully saturated rings. The molecular formula is C19H19N5O3. The molecule has 0 radical (unpaired) electrons. The average Bonchev–Trinajstić information content (AvgIpc) is 3.12. The predicted octanol–water partition coefficient (Wildman–Crippen LogP) is 2.95. The number of ether oxygens (including phenoxy) is 1. The van der Waals surface area contributed by atoms with Gasteiger partial charge in [0.05, 0.1) is 13.2 Å². The number of carbonyl (C=O) groups is 1. The molecule has 0 unspecified atom stereocenters. The topological polar surface area (TPSA) is 93.4 Å². The van der Waals surface area contributed by atoms with E-state index in [1.54, 1.807) is 6.92 Å². The van der Waals surface area contributed by atoms with Gasteiger partial charge in [0.2, 0.25) is 0 Å². The Bertz CT molecular complexity index is 942. The maximum Gasteiger partial charge on any atom is 0.360 e. The van der Waals surface area contributed by atoms with E-state index >= 15 is 0 Å². The van der Waals surface area contributed by atoms with Crippen LogP contribution >= 0.6 is 0 Å². The average molecular weight is 365 g/mol.